The second kappa shape index (κ2) is 9.60. The van der Waals surface area contributed by atoms with E-state index >= 15 is 4.39 Å². The van der Waals surface area contributed by atoms with Gasteiger partial charge in [0, 0.05) is 27.9 Å². The molecule has 4 rings (SSSR count). The summed E-state index contributed by atoms with van der Waals surface area (Å²) in [6, 6.07) is 13.2. The minimum Gasteiger partial charge on any atom is -0.453 e. The van der Waals surface area contributed by atoms with E-state index in [9.17, 15) is 8.78 Å². The lowest BCUT2D eigenvalue weighted by atomic mass is 10.1. The lowest BCUT2D eigenvalue weighted by Crippen LogP contribution is -2.01. The molecule has 2 N–H and O–H groups in total. The molecule has 0 amide bonds. The number of nitrogens with two attached hydrogens (primary N) is 1. The maximum Gasteiger partial charge on any atom is 0.387 e. The molecule has 0 saturated carbocycles. The summed E-state index contributed by atoms with van der Waals surface area (Å²) in [7, 11) is 0. The SMILES string of the molecule is Nc1cc(Cl)cc(Oc2c(Cl)ccc(Cc3nnc(-c4cccc(OC(F)F)c4)o3)c2F)c1. The number of halogens is 5. The zero-order chi connectivity index (χ0) is 23.5. The number of hydrogen-bond donors (Lipinski definition) is 1. The van der Waals surface area contributed by atoms with E-state index in [4.69, 9.17) is 38.1 Å². The topological polar surface area (TPSA) is 83.4 Å². The second-order valence-electron chi connectivity index (χ2n) is 6.76. The molecule has 3 aromatic carbocycles. The van der Waals surface area contributed by atoms with Gasteiger partial charge in [-0.25, -0.2) is 4.39 Å². The van der Waals surface area contributed by atoms with E-state index in [1.54, 1.807) is 6.07 Å². The van der Waals surface area contributed by atoms with Crippen molar-refractivity contribution in [1.82, 2.24) is 10.2 Å². The van der Waals surface area contributed by atoms with Gasteiger partial charge in [0.25, 0.3) is 0 Å². The first-order chi connectivity index (χ1) is 15.8. The van der Waals surface area contributed by atoms with Crippen molar-refractivity contribution in [2.45, 2.75) is 13.0 Å². The van der Waals surface area contributed by atoms with Crippen LogP contribution < -0.4 is 15.2 Å². The first-order valence-electron chi connectivity index (χ1n) is 9.37. The average molecular weight is 496 g/mol. The molecule has 0 spiro atoms. The first kappa shape index (κ1) is 22.8. The average Bonchev–Trinajstić information content (AvgIpc) is 3.21. The zero-order valence-electron chi connectivity index (χ0n) is 16.6. The van der Waals surface area contributed by atoms with E-state index in [2.05, 4.69) is 14.9 Å². The predicted octanol–water partition coefficient (Wildman–Crippen LogP) is 6.75. The van der Waals surface area contributed by atoms with Crippen molar-refractivity contribution < 1.29 is 27.1 Å². The van der Waals surface area contributed by atoms with Gasteiger partial charge in [0.1, 0.15) is 11.5 Å². The molecule has 0 bridgehead atoms. The molecular formula is C22H14Cl2F3N3O3. The van der Waals surface area contributed by atoms with Crippen LogP contribution >= 0.6 is 23.2 Å². The number of anilines is 1. The number of nitrogens with zero attached hydrogens (tertiary/aromatic N) is 2. The van der Waals surface area contributed by atoms with Crippen molar-refractivity contribution in [2.75, 3.05) is 5.73 Å². The third-order valence-electron chi connectivity index (χ3n) is 4.36. The minimum absolute atomic E-state index is 0.0388. The van der Waals surface area contributed by atoms with Crippen molar-refractivity contribution >= 4 is 28.9 Å². The van der Waals surface area contributed by atoms with Crippen molar-refractivity contribution in [3.63, 3.8) is 0 Å². The Balaban J connectivity index is 1.57. The van der Waals surface area contributed by atoms with Crippen molar-refractivity contribution in [3.05, 3.63) is 81.9 Å². The summed E-state index contributed by atoms with van der Waals surface area (Å²) in [5.41, 5.74) is 6.62. The van der Waals surface area contributed by atoms with Crippen LogP contribution in [0, 0.1) is 5.82 Å². The highest BCUT2D eigenvalue weighted by atomic mass is 35.5. The molecule has 33 heavy (non-hydrogen) atoms. The van der Waals surface area contributed by atoms with Crippen LogP contribution in [0.2, 0.25) is 10.0 Å². The van der Waals surface area contributed by atoms with Crippen molar-refractivity contribution in [1.29, 1.82) is 0 Å². The molecule has 0 aliphatic heterocycles. The molecule has 0 radical (unpaired) electrons. The number of ether oxygens (including phenoxy) is 2. The number of hydrogen-bond acceptors (Lipinski definition) is 6. The van der Waals surface area contributed by atoms with Gasteiger partial charge in [-0.05, 0) is 36.4 Å². The fraction of sp³-hybridized carbons (Fsp3) is 0.0909. The zero-order valence-corrected chi connectivity index (χ0v) is 18.1. The van der Waals surface area contributed by atoms with Crippen LogP contribution in [0.1, 0.15) is 11.5 Å². The third kappa shape index (κ3) is 5.50. The Morgan fingerprint density at radius 1 is 1.00 bits per heavy atom. The van der Waals surface area contributed by atoms with Gasteiger partial charge in [-0.3, -0.25) is 0 Å². The van der Waals surface area contributed by atoms with Crippen LogP contribution in [0.5, 0.6) is 17.2 Å². The highest BCUT2D eigenvalue weighted by Crippen LogP contribution is 2.36. The molecule has 0 aliphatic rings. The van der Waals surface area contributed by atoms with Crippen LogP contribution in [-0.2, 0) is 6.42 Å². The fourth-order valence-electron chi connectivity index (χ4n) is 2.97. The Kier molecular flexibility index (Phi) is 6.62. The number of aromatic nitrogens is 2. The maximum absolute atomic E-state index is 15.2. The van der Waals surface area contributed by atoms with Crippen LogP contribution in [0.3, 0.4) is 0 Å². The highest BCUT2D eigenvalue weighted by molar-refractivity contribution is 6.32. The summed E-state index contributed by atoms with van der Waals surface area (Å²) >= 11 is 12.1. The molecule has 0 saturated heterocycles. The summed E-state index contributed by atoms with van der Waals surface area (Å²) in [6.07, 6.45) is -0.0722. The number of rotatable bonds is 7. The van der Waals surface area contributed by atoms with E-state index in [1.807, 2.05) is 0 Å². The molecule has 1 heterocycles. The van der Waals surface area contributed by atoms with Crippen LogP contribution in [0.4, 0.5) is 18.9 Å². The third-order valence-corrected chi connectivity index (χ3v) is 4.87. The van der Waals surface area contributed by atoms with Gasteiger partial charge < -0.3 is 19.6 Å². The Hall–Kier alpha value is -3.43. The normalized spacial score (nSPS) is 11.1. The van der Waals surface area contributed by atoms with Gasteiger partial charge in [0.15, 0.2) is 11.6 Å². The second-order valence-corrected chi connectivity index (χ2v) is 7.60. The fourth-order valence-corrected chi connectivity index (χ4v) is 3.39. The molecule has 4 aromatic rings. The van der Waals surface area contributed by atoms with Crippen LogP contribution in [0.25, 0.3) is 11.5 Å². The van der Waals surface area contributed by atoms with Crippen LogP contribution in [-0.4, -0.2) is 16.8 Å². The lowest BCUT2D eigenvalue weighted by Gasteiger charge is -2.12. The maximum atomic E-state index is 15.2. The molecule has 6 nitrogen and oxygen atoms in total. The number of benzene rings is 3. The summed E-state index contributed by atoms with van der Waals surface area (Å²) in [5.74, 6) is -0.645. The molecule has 0 atom stereocenters. The largest absolute Gasteiger partial charge is 0.453 e. The highest BCUT2D eigenvalue weighted by Gasteiger charge is 2.18. The minimum atomic E-state index is -2.97. The summed E-state index contributed by atoms with van der Waals surface area (Å²) in [4.78, 5) is 0. The Morgan fingerprint density at radius 2 is 1.82 bits per heavy atom. The van der Waals surface area contributed by atoms with E-state index in [-0.39, 0.29) is 46.0 Å². The molecule has 0 aliphatic carbocycles. The molecule has 0 unspecified atom stereocenters. The lowest BCUT2D eigenvalue weighted by molar-refractivity contribution is -0.0498. The molecule has 11 heteroatoms. The van der Waals surface area contributed by atoms with E-state index < -0.39 is 12.4 Å². The number of alkyl halides is 2. The van der Waals surface area contributed by atoms with E-state index in [1.165, 1.54) is 48.5 Å². The first-order valence-corrected chi connectivity index (χ1v) is 10.1. The predicted molar refractivity (Wildman–Crippen MR) is 117 cm³/mol. The summed E-state index contributed by atoms with van der Waals surface area (Å²) in [5, 5.41) is 8.15. The monoisotopic (exact) mass is 495 g/mol. The summed E-state index contributed by atoms with van der Waals surface area (Å²) < 4.78 is 55.6. The van der Waals surface area contributed by atoms with Crippen molar-refractivity contribution in [2.24, 2.45) is 0 Å². The standard InChI is InChI=1S/C22H14Cl2F3N3O3/c23-13-8-14(28)10-16(9-13)31-20-17(24)5-4-11(19(20)25)7-18-29-30-21(33-18)12-2-1-3-15(6-12)32-22(26)27/h1-6,8-10,22H,7,28H2. The quantitative estimate of drug-likeness (QED) is 0.285. The Morgan fingerprint density at radius 3 is 2.58 bits per heavy atom. The summed E-state index contributed by atoms with van der Waals surface area (Å²) in [6.45, 7) is -2.97. The van der Waals surface area contributed by atoms with Gasteiger partial charge in [0.05, 0.1) is 11.4 Å². The molecule has 0 fully saturated rings. The van der Waals surface area contributed by atoms with Gasteiger partial charge in [-0.15, -0.1) is 10.2 Å². The van der Waals surface area contributed by atoms with Gasteiger partial charge in [-0.1, -0.05) is 35.3 Å². The van der Waals surface area contributed by atoms with Gasteiger partial charge >= 0.3 is 6.61 Å². The molecule has 170 valence electrons. The number of nitrogen functional groups attached to an aromatic ring is 1. The molecule has 1 aromatic heterocycles. The Labute approximate surface area is 195 Å². The van der Waals surface area contributed by atoms with E-state index in [0.29, 0.717) is 16.3 Å². The smallest absolute Gasteiger partial charge is 0.387 e. The van der Waals surface area contributed by atoms with E-state index in [0.717, 1.165) is 0 Å². The van der Waals surface area contributed by atoms with Crippen LogP contribution in [0.15, 0.2) is 59.0 Å². The van der Waals surface area contributed by atoms with Gasteiger partial charge in [0.2, 0.25) is 11.8 Å². The van der Waals surface area contributed by atoms with Crippen molar-refractivity contribution in [3.8, 4) is 28.7 Å². The Bertz CT molecular complexity index is 1280. The molecular weight excluding hydrogens is 482 g/mol. The van der Waals surface area contributed by atoms with Gasteiger partial charge in [-0.2, -0.15) is 8.78 Å².